The average Bonchev–Trinajstić information content (AvgIpc) is 2.90. The molecule has 0 aromatic carbocycles. The van der Waals surface area contributed by atoms with Gasteiger partial charge in [-0.3, -0.25) is 4.79 Å². The SMILES string of the molecule is O=C(O)NCCC1=NN(CC2CCCC2)C(=O)C1. The van der Waals surface area contributed by atoms with Gasteiger partial charge in [0, 0.05) is 25.2 Å². The Morgan fingerprint density at radius 2 is 2.17 bits per heavy atom. The molecule has 0 atom stereocenters. The molecule has 6 nitrogen and oxygen atoms in total. The number of carboxylic acid groups (broad SMARTS) is 1. The maximum absolute atomic E-state index is 11.7. The molecule has 2 N–H and O–H groups in total. The highest BCUT2D eigenvalue weighted by atomic mass is 16.4. The zero-order valence-electron chi connectivity index (χ0n) is 10.4. The van der Waals surface area contributed by atoms with Gasteiger partial charge in [-0.05, 0) is 18.8 Å². The van der Waals surface area contributed by atoms with Gasteiger partial charge in [0.2, 0.25) is 5.91 Å². The first-order valence-corrected chi connectivity index (χ1v) is 6.48. The zero-order valence-corrected chi connectivity index (χ0v) is 10.4. The summed E-state index contributed by atoms with van der Waals surface area (Å²) in [6, 6.07) is 0. The molecular formula is C12H19N3O3. The Kier molecular flexibility index (Phi) is 4.17. The summed E-state index contributed by atoms with van der Waals surface area (Å²) in [5, 5.41) is 16.6. The standard InChI is InChI=1S/C12H19N3O3/c16-11-7-10(5-6-13-12(17)18)14-15(11)8-9-3-1-2-4-9/h9,13H,1-8H2,(H,17,18). The highest BCUT2D eigenvalue weighted by Crippen LogP contribution is 2.26. The van der Waals surface area contributed by atoms with E-state index in [1.165, 1.54) is 25.7 Å². The van der Waals surface area contributed by atoms with Crippen LogP contribution in [-0.4, -0.2) is 40.9 Å². The van der Waals surface area contributed by atoms with Gasteiger partial charge in [0.1, 0.15) is 0 Å². The molecule has 0 spiro atoms. The Hall–Kier alpha value is -1.59. The van der Waals surface area contributed by atoms with Crippen LogP contribution in [0.25, 0.3) is 0 Å². The minimum Gasteiger partial charge on any atom is -0.465 e. The quantitative estimate of drug-likeness (QED) is 0.777. The van der Waals surface area contributed by atoms with E-state index in [0.29, 0.717) is 25.3 Å². The van der Waals surface area contributed by atoms with Gasteiger partial charge in [-0.1, -0.05) is 12.8 Å². The zero-order chi connectivity index (χ0) is 13.0. The maximum atomic E-state index is 11.7. The van der Waals surface area contributed by atoms with E-state index in [2.05, 4.69) is 10.4 Å². The fourth-order valence-corrected chi connectivity index (χ4v) is 2.56. The summed E-state index contributed by atoms with van der Waals surface area (Å²) in [4.78, 5) is 22.0. The second-order valence-corrected chi connectivity index (χ2v) is 4.95. The Balaban J connectivity index is 1.78. The number of nitrogens with one attached hydrogen (secondary N) is 1. The van der Waals surface area contributed by atoms with E-state index in [9.17, 15) is 9.59 Å². The highest BCUT2D eigenvalue weighted by Gasteiger charge is 2.27. The van der Waals surface area contributed by atoms with Gasteiger partial charge in [-0.15, -0.1) is 0 Å². The van der Waals surface area contributed by atoms with Crippen LogP contribution >= 0.6 is 0 Å². The van der Waals surface area contributed by atoms with E-state index in [1.807, 2.05) is 0 Å². The van der Waals surface area contributed by atoms with Gasteiger partial charge in [-0.25, -0.2) is 9.80 Å². The fourth-order valence-electron chi connectivity index (χ4n) is 2.56. The van der Waals surface area contributed by atoms with E-state index in [1.54, 1.807) is 5.01 Å². The lowest BCUT2D eigenvalue weighted by Gasteiger charge is -2.16. The molecule has 2 rings (SSSR count). The lowest BCUT2D eigenvalue weighted by Crippen LogP contribution is -2.26. The van der Waals surface area contributed by atoms with Crippen LogP contribution in [0.1, 0.15) is 38.5 Å². The number of carbonyl (C=O) groups is 2. The molecule has 0 aromatic rings. The average molecular weight is 253 g/mol. The smallest absolute Gasteiger partial charge is 0.404 e. The predicted molar refractivity (Wildman–Crippen MR) is 66.4 cm³/mol. The van der Waals surface area contributed by atoms with Crippen LogP contribution in [-0.2, 0) is 4.79 Å². The fraction of sp³-hybridized carbons (Fsp3) is 0.750. The number of hydrogen-bond donors (Lipinski definition) is 2. The van der Waals surface area contributed by atoms with Gasteiger partial charge in [0.15, 0.2) is 0 Å². The molecule has 0 saturated heterocycles. The molecule has 0 bridgehead atoms. The molecule has 0 aromatic heterocycles. The van der Waals surface area contributed by atoms with Crippen molar-refractivity contribution in [1.29, 1.82) is 0 Å². The van der Waals surface area contributed by atoms with E-state index >= 15 is 0 Å². The second kappa shape index (κ2) is 5.84. The van der Waals surface area contributed by atoms with E-state index in [0.717, 1.165) is 12.3 Å². The molecule has 1 aliphatic carbocycles. The summed E-state index contributed by atoms with van der Waals surface area (Å²) >= 11 is 0. The van der Waals surface area contributed by atoms with Crippen molar-refractivity contribution in [3.63, 3.8) is 0 Å². The third-order valence-electron chi connectivity index (χ3n) is 3.50. The van der Waals surface area contributed by atoms with Crippen LogP contribution in [0.15, 0.2) is 5.10 Å². The Morgan fingerprint density at radius 1 is 1.44 bits per heavy atom. The molecule has 1 fully saturated rings. The van der Waals surface area contributed by atoms with E-state index in [4.69, 9.17) is 5.11 Å². The van der Waals surface area contributed by atoms with Crippen molar-refractivity contribution in [1.82, 2.24) is 10.3 Å². The predicted octanol–water partition coefficient (Wildman–Crippen LogP) is 1.42. The van der Waals surface area contributed by atoms with Crippen molar-refractivity contribution in [2.45, 2.75) is 38.5 Å². The van der Waals surface area contributed by atoms with E-state index in [-0.39, 0.29) is 5.91 Å². The molecule has 1 aliphatic heterocycles. The summed E-state index contributed by atoms with van der Waals surface area (Å²) in [6.45, 7) is 1.05. The van der Waals surface area contributed by atoms with Crippen LogP contribution in [0.4, 0.5) is 4.79 Å². The molecule has 0 unspecified atom stereocenters. The largest absolute Gasteiger partial charge is 0.465 e. The van der Waals surface area contributed by atoms with Gasteiger partial charge in [0.05, 0.1) is 6.42 Å². The Bertz CT molecular complexity index is 362. The number of hydrogen-bond acceptors (Lipinski definition) is 3. The summed E-state index contributed by atoms with van der Waals surface area (Å²) in [6.07, 6.45) is 4.71. The van der Waals surface area contributed by atoms with Crippen molar-refractivity contribution in [3.05, 3.63) is 0 Å². The number of amides is 2. The topological polar surface area (TPSA) is 82.0 Å². The van der Waals surface area contributed by atoms with Crippen LogP contribution < -0.4 is 5.32 Å². The minimum absolute atomic E-state index is 0.0484. The van der Waals surface area contributed by atoms with Crippen LogP contribution in [0.3, 0.4) is 0 Å². The molecule has 2 amide bonds. The van der Waals surface area contributed by atoms with Crippen molar-refractivity contribution < 1.29 is 14.7 Å². The summed E-state index contributed by atoms with van der Waals surface area (Å²) in [5.41, 5.74) is 0.784. The van der Waals surface area contributed by atoms with Crippen LogP contribution in [0.5, 0.6) is 0 Å². The number of carbonyl (C=O) groups excluding carboxylic acids is 1. The third-order valence-corrected chi connectivity index (χ3v) is 3.50. The molecule has 100 valence electrons. The molecule has 2 aliphatic rings. The molecular weight excluding hydrogens is 234 g/mol. The third kappa shape index (κ3) is 3.45. The van der Waals surface area contributed by atoms with Crippen molar-refractivity contribution >= 4 is 17.7 Å². The Labute approximate surface area is 106 Å². The highest BCUT2D eigenvalue weighted by molar-refractivity contribution is 6.05. The van der Waals surface area contributed by atoms with Crippen LogP contribution in [0.2, 0.25) is 0 Å². The first-order valence-electron chi connectivity index (χ1n) is 6.48. The second-order valence-electron chi connectivity index (χ2n) is 4.95. The number of rotatable bonds is 5. The minimum atomic E-state index is -1.04. The normalized spacial score (nSPS) is 20.3. The molecule has 18 heavy (non-hydrogen) atoms. The monoisotopic (exact) mass is 253 g/mol. The van der Waals surface area contributed by atoms with Crippen molar-refractivity contribution in [2.24, 2.45) is 11.0 Å². The first kappa shape index (κ1) is 12.9. The number of hydrazone groups is 1. The summed E-state index contributed by atoms with van der Waals surface area (Å²) in [7, 11) is 0. The lowest BCUT2D eigenvalue weighted by atomic mass is 10.1. The molecule has 1 saturated carbocycles. The van der Waals surface area contributed by atoms with Crippen LogP contribution in [0, 0.1) is 5.92 Å². The van der Waals surface area contributed by atoms with Crippen molar-refractivity contribution in [3.8, 4) is 0 Å². The van der Waals surface area contributed by atoms with E-state index < -0.39 is 6.09 Å². The lowest BCUT2D eigenvalue weighted by molar-refractivity contribution is -0.129. The van der Waals surface area contributed by atoms with Crippen molar-refractivity contribution in [2.75, 3.05) is 13.1 Å². The Morgan fingerprint density at radius 3 is 2.83 bits per heavy atom. The van der Waals surface area contributed by atoms with Gasteiger partial charge in [-0.2, -0.15) is 5.10 Å². The van der Waals surface area contributed by atoms with Gasteiger partial charge < -0.3 is 10.4 Å². The summed E-state index contributed by atoms with van der Waals surface area (Å²) < 4.78 is 0. The van der Waals surface area contributed by atoms with Gasteiger partial charge in [0.25, 0.3) is 0 Å². The molecule has 6 heteroatoms. The maximum Gasteiger partial charge on any atom is 0.404 e. The first-order chi connectivity index (χ1) is 8.65. The molecule has 0 radical (unpaired) electrons. The molecule has 1 heterocycles. The summed E-state index contributed by atoms with van der Waals surface area (Å²) in [5.74, 6) is 0.640. The number of nitrogens with zero attached hydrogens (tertiary/aromatic N) is 2. The van der Waals surface area contributed by atoms with Gasteiger partial charge >= 0.3 is 6.09 Å².